The molecule has 3 fully saturated rings. The monoisotopic (exact) mass is 345 g/mol. The summed E-state index contributed by atoms with van der Waals surface area (Å²) >= 11 is 0. The fourth-order valence-corrected chi connectivity index (χ4v) is 3.47. The molecule has 3 saturated heterocycles. The molecule has 0 saturated carbocycles. The van der Waals surface area contributed by atoms with Gasteiger partial charge in [0.2, 0.25) is 5.91 Å². The molecule has 3 aliphatic heterocycles. The summed E-state index contributed by atoms with van der Waals surface area (Å²) in [4.78, 5) is 11.4. The maximum atomic E-state index is 11.4. The van der Waals surface area contributed by atoms with E-state index in [2.05, 4.69) is 5.32 Å². The Hall–Kier alpha value is -0.770. The molecule has 3 aliphatic rings. The standard InChI is InChI=1S/C16H27NO7/c1-9(19)17-10(8-18)12-13(21-11-6-4-5-7-20-11)14-15(22-12)24-16(2,3)23-14/h10-15,18H,4-8H2,1-3H3,(H,17,19)/t10-,11?,12-,13+,14-,15-/m1/s1. The Morgan fingerprint density at radius 3 is 2.79 bits per heavy atom. The summed E-state index contributed by atoms with van der Waals surface area (Å²) < 4.78 is 29.4. The van der Waals surface area contributed by atoms with Crippen LogP contribution in [0.4, 0.5) is 0 Å². The Balaban J connectivity index is 1.75. The highest BCUT2D eigenvalue weighted by Gasteiger charge is 2.57. The lowest BCUT2D eigenvalue weighted by atomic mass is 10.0. The van der Waals surface area contributed by atoms with E-state index in [1.165, 1.54) is 6.92 Å². The molecule has 0 radical (unpaired) electrons. The highest BCUT2D eigenvalue weighted by molar-refractivity contribution is 5.73. The molecular weight excluding hydrogens is 318 g/mol. The third-order valence-corrected chi connectivity index (χ3v) is 4.46. The number of amides is 1. The molecule has 0 bridgehead atoms. The summed E-state index contributed by atoms with van der Waals surface area (Å²) in [7, 11) is 0. The predicted molar refractivity (Wildman–Crippen MR) is 81.9 cm³/mol. The van der Waals surface area contributed by atoms with Gasteiger partial charge in [0.15, 0.2) is 18.4 Å². The van der Waals surface area contributed by atoms with Crippen LogP contribution < -0.4 is 5.32 Å². The molecule has 0 aromatic carbocycles. The third kappa shape index (κ3) is 3.89. The molecule has 0 spiro atoms. The summed E-state index contributed by atoms with van der Waals surface area (Å²) in [5.41, 5.74) is 0. The van der Waals surface area contributed by atoms with Crippen LogP contribution in [0.1, 0.15) is 40.0 Å². The highest BCUT2D eigenvalue weighted by Crippen LogP contribution is 2.40. The first-order chi connectivity index (χ1) is 11.4. The van der Waals surface area contributed by atoms with Crippen molar-refractivity contribution in [1.29, 1.82) is 0 Å². The van der Waals surface area contributed by atoms with Gasteiger partial charge in [0.1, 0.15) is 18.3 Å². The Morgan fingerprint density at radius 1 is 1.38 bits per heavy atom. The first-order valence-corrected chi connectivity index (χ1v) is 8.56. The molecule has 138 valence electrons. The van der Waals surface area contributed by atoms with Gasteiger partial charge in [0.25, 0.3) is 0 Å². The van der Waals surface area contributed by atoms with Crippen molar-refractivity contribution in [2.75, 3.05) is 13.2 Å². The lowest BCUT2D eigenvalue weighted by Gasteiger charge is -2.33. The van der Waals surface area contributed by atoms with E-state index < -0.39 is 36.4 Å². The number of hydrogen-bond acceptors (Lipinski definition) is 7. The average molecular weight is 345 g/mol. The van der Waals surface area contributed by atoms with Gasteiger partial charge >= 0.3 is 0 Å². The molecule has 8 nitrogen and oxygen atoms in total. The van der Waals surface area contributed by atoms with E-state index in [0.717, 1.165) is 19.3 Å². The van der Waals surface area contributed by atoms with Crippen LogP contribution in [0.2, 0.25) is 0 Å². The summed E-state index contributed by atoms with van der Waals surface area (Å²) in [5, 5.41) is 12.4. The maximum Gasteiger partial charge on any atom is 0.217 e. The van der Waals surface area contributed by atoms with Crippen molar-refractivity contribution in [2.45, 2.75) is 82.8 Å². The topological polar surface area (TPSA) is 95.5 Å². The highest BCUT2D eigenvalue weighted by atomic mass is 16.8. The number of rotatable bonds is 5. The number of carbonyl (C=O) groups excluding carboxylic acids is 1. The minimum atomic E-state index is -0.766. The predicted octanol–water partition coefficient (Wildman–Crippen LogP) is 0.272. The molecule has 0 aromatic heterocycles. The number of carbonyl (C=O) groups is 1. The second-order valence-corrected chi connectivity index (χ2v) is 6.96. The van der Waals surface area contributed by atoms with Gasteiger partial charge in [-0.15, -0.1) is 0 Å². The van der Waals surface area contributed by atoms with Crippen LogP contribution in [-0.2, 0) is 28.5 Å². The van der Waals surface area contributed by atoms with Gasteiger partial charge in [-0.05, 0) is 33.1 Å². The Bertz CT molecular complexity index is 452. The fourth-order valence-electron chi connectivity index (χ4n) is 3.47. The van der Waals surface area contributed by atoms with Crippen LogP contribution in [0.5, 0.6) is 0 Å². The van der Waals surface area contributed by atoms with Crippen LogP contribution in [0.15, 0.2) is 0 Å². The summed E-state index contributed by atoms with van der Waals surface area (Å²) in [6.07, 6.45) is 0.426. The van der Waals surface area contributed by atoms with E-state index in [-0.39, 0.29) is 18.8 Å². The van der Waals surface area contributed by atoms with Crippen molar-refractivity contribution in [3.63, 3.8) is 0 Å². The van der Waals surface area contributed by atoms with Gasteiger partial charge in [0.05, 0.1) is 12.6 Å². The van der Waals surface area contributed by atoms with Gasteiger partial charge < -0.3 is 34.1 Å². The molecule has 8 heteroatoms. The van der Waals surface area contributed by atoms with Crippen molar-refractivity contribution in [3.8, 4) is 0 Å². The number of hydrogen-bond donors (Lipinski definition) is 2. The zero-order valence-electron chi connectivity index (χ0n) is 14.4. The van der Waals surface area contributed by atoms with E-state index >= 15 is 0 Å². The zero-order chi connectivity index (χ0) is 17.3. The number of nitrogens with one attached hydrogen (secondary N) is 1. The Morgan fingerprint density at radius 2 is 2.17 bits per heavy atom. The SMILES string of the molecule is CC(=O)N[C@H](CO)[C@H]1O[C@@H]2OC(C)(C)O[C@@H]2[C@H]1OC1CCCCO1. The van der Waals surface area contributed by atoms with E-state index in [1.807, 2.05) is 13.8 Å². The van der Waals surface area contributed by atoms with Crippen molar-refractivity contribution in [2.24, 2.45) is 0 Å². The number of ether oxygens (including phenoxy) is 5. The molecule has 0 aromatic rings. The fraction of sp³-hybridized carbons (Fsp3) is 0.938. The summed E-state index contributed by atoms with van der Waals surface area (Å²) in [6.45, 7) is 5.42. The van der Waals surface area contributed by atoms with E-state index in [0.29, 0.717) is 6.61 Å². The summed E-state index contributed by atoms with van der Waals surface area (Å²) in [5.74, 6) is -1.01. The molecule has 0 aliphatic carbocycles. The molecule has 6 atom stereocenters. The molecule has 1 unspecified atom stereocenters. The normalized spacial score (nSPS) is 39.4. The van der Waals surface area contributed by atoms with Gasteiger partial charge in [-0.1, -0.05) is 0 Å². The van der Waals surface area contributed by atoms with Crippen LogP contribution >= 0.6 is 0 Å². The Labute approximate surface area is 141 Å². The van der Waals surface area contributed by atoms with E-state index in [1.54, 1.807) is 0 Å². The molecular formula is C16H27NO7. The summed E-state index contributed by atoms with van der Waals surface area (Å²) in [6, 6.07) is -0.600. The molecule has 3 rings (SSSR count). The van der Waals surface area contributed by atoms with Crippen molar-refractivity contribution in [3.05, 3.63) is 0 Å². The van der Waals surface area contributed by atoms with Crippen LogP contribution in [-0.4, -0.2) is 66.9 Å². The minimum absolute atomic E-state index is 0.246. The van der Waals surface area contributed by atoms with Crippen LogP contribution in [0, 0.1) is 0 Å². The van der Waals surface area contributed by atoms with E-state index in [4.69, 9.17) is 23.7 Å². The van der Waals surface area contributed by atoms with Crippen LogP contribution in [0.3, 0.4) is 0 Å². The third-order valence-electron chi connectivity index (χ3n) is 4.46. The smallest absolute Gasteiger partial charge is 0.217 e. The molecule has 24 heavy (non-hydrogen) atoms. The van der Waals surface area contributed by atoms with Crippen molar-refractivity contribution < 1.29 is 33.6 Å². The Kier molecular flexibility index (Phi) is 5.43. The maximum absolute atomic E-state index is 11.4. The first-order valence-electron chi connectivity index (χ1n) is 8.56. The zero-order valence-corrected chi connectivity index (χ0v) is 14.4. The van der Waals surface area contributed by atoms with Gasteiger partial charge in [-0.3, -0.25) is 4.79 Å². The minimum Gasteiger partial charge on any atom is -0.394 e. The number of aliphatic hydroxyl groups excluding tert-OH is 1. The molecule has 3 heterocycles. The van der Waals surface area contributed by atoms with Crippen molar-refractivity contribution >= 4 is 5.91 Å². The number of fused-ring (bicyclic) bond motifs is 1. The molecule has 2 N–H and O–H groups in total. The lowest BCUT2D eigenvalue weighted by Crippen LogP contribution is -2.52. The van der Waals surface area contributed by atoms with E-state index in [9.17, 15) is 9.90 Å². The molecule has 1 amide bonds. The average Bonchev–Trinajstić information content (AvgIpc) is 2.99. The van der Waals surface area contributed by atoms with Crippen molar-refractivity contribution in [1.82, 2.24) is 5.32 Å². The van der Waals surface area contributed by atoms with Gasteiger partial charge in [0, 0.05) is 13.5 Å². The lowest BCUT2D eigenvalue weighted by molar-refractivity contribution is -0.249. The van der Waals surface area contributed by atoms with Gasteiger partial charge in [-0.25, -0.2) is 0 Å². The number of aliphatic hydroxyl groups is 1. The first kappa shape index (κ1) is 18.0. The quantitative estimate of drug-likeness (QED) is 0.738. The second-order valence-electron chi connectivity index (χ2n) is 6.96. The second kappa shape index (κ2) is 7.23. The van der Waals surface area contributed by atoms with Crippen LogP contribution in [0.25, 0.3) is 0 Å². The largest absolute Gasteiger partial charge is 0.394 e. The van der Waals surface area contributed by atoms with Gasteiger partial charge in [-0.2, -0.15) is 0 Å².